The number of carbonyl (C=O) groups excluding carboxylic acids is 2. The van der Waals surface area contributed by atoms with Gasteiger partial charge in [-0.25, -0.2) is 8.42 Å². The summed E-state index contributed by atoms with van der Waals surface area (Å²) in [5.74, 6) is -1.26. The average molecular weight is 624 g/mol. The van der Waals surface area contributed by atoms with Gasteiger partial charge in [0.25, 0.3) is 10.0 Å². The Morgan fingerprint density at radius 2 is 1.60 bits per heavy atom. The zero-order chi connectivity index (χ0) is 31.2. The Kier molecular flexibility index (Phi) is 10.7. The van der Waals surface area contributed by atoms with Crippen LogP contribution in [-0.2, 0) is 32.3 Å². The molecule has 0 radical (unpaired) electrons. The van der Waals surface area contributed by atoms with Crippen LogP contribution in [0.25, 0.3) is 0 Å². The van der Waals surface area contributed by atoms with E-state index < -0.39 is 51.9 Å². The van der Waals surface area contributed by atoms with E-state index in [1.807, 2.05) is 32.9 Å². The van der Waals surface area contributed by atoms with E-state index in [1.165, 1.54) is 36.1 Å². The summed E-state index contributed by atoms with van der Waals surface area (Å²) in [5.41, 5.74) is -0.111. The van der Waals surface area contributed by atoms with Gasteiger partial charge in [0.2, 0.25) is 11.8 Å². The van der Waals surface area contributed by atoms with Gasteiger partial charge in [0, 0.05) is 12.6 Å². The molecule has 0 aliphatic rings. The van der Waals surface area contributed by atoms with E-state index >= 15 is 0 Å². The number of nitrogens with one attached hydrogen (secondary N) is 1. The highest BCUT2D eigenvalue weighted by molar-refractivity contribution is 7.92. The van der Waals surface area contributed by atoms with Crippen LogP contribution in [0.15, 0.2) is 77.7 Å². The molecule has 12 heteroatoms. The first kappa shape index (κ1) is 32.9. The molecule has 2 amide bonds. The van der Waals surface area contributed by atoms with Gasteiger partial charge in [-0.15, -0.1) is 0 Å². The van der Waals surface area contributed by atoms with Crippen LogP contribution in [0.4, 0.5) is 18.9 Å². The topological polar surface area (TPSA) is 86.8 Å². The van der Waals surface area contributed by atoms with Crippen LogP contribution in [0.2, 0.25) is 5.02 Å². The third-order valence-electron chi connectivity index (χ3n) is 6.92. The predicted molar refractivity (Wildman–Crippen MR) is 157 cm³/mol. The molecule has 1 N–H and O–H groups in total. The molecule has 42 heavy (non-hydrogen) atoms. The number of nitrogens with zero attached hydrogens (tertiary/aromatic N) is 2. The van der Waals surface area contributed by atoms with Gasteiger partial charge in [-0.1, -0.05) is 61.0 Å². The molecular weight excluding hydrogens is 591 g/mol. The molecular formula is C30H33ClF3N3O4S. The van der Waals surface area contributed by atoms with Crippen molar-refractivity contribution in [2.75, 3.05) is 10.8 Å². The number of hydrogen-bond donors (Lipinski definition) is 1. The largest absolute Gasteiger partial charge is 0.416 e. The van der Waals surface area contributed by atoms with E-state index in [0.717, 1.165) is 17.7 Å². The molecule has 3 rings (SSSR count). The highest BCUT2D eigenvalue weighted by Gasteiger charge is 2.36. The molecule has 2 atom stereocenters. The van der Waals surface area contributed by atoms with Crippen molar-refractivity contribution in [3.63, 3.8) is 0 Å². The molecule has 226 valence electrons. The number of hydrogen-bond acceptors (Lipinski definition) is 4. The Labute approximate surface area is 249 Å². The fourth-order valence-electron chi connectivity index (χ4n) is 4.13. The Morgan fingerprint density at radius 3 is 2.19 bits per heavy atom. The van der Waals surface area contributed by atoms with E-state index in [4.69, 9.17) is 11.6 Å². The molecule has 0 saturated carbocycles. The molecule has 0 aliphatic carbocycles. The van der Waals surface area contributed by atoms with E-state index in [9.17, 15) is 31.2 Å². The summed E-state index contributed by atoms with van der Waals surface area (Å²) < 4.78 is 69.2. The van der Waals surface area contributed by atoms with E-state index in [0.29, 0.717) is 22.4 Å². The van der Waals surface area contributed by atoms with Crippen molar-refractivity contribution in [3.8, 4) is 0 Å². The first-order valence-electron chi connectivity index (χ1n) is 13.3. The second kappa shape index (κ2) is 13.6. The highest BCUT2D eigenvalue weighted by Crippen LogP contribution is 2.37. The number of alkyl halides is 3. The third kappa shape index (κ3) is 7.83. The summed E-state index contributed by atoms with van der Waals surface area (Å²) in [6, 6.07) is 15.2. The lowest BCUT2D eigenvalue weighted by Crippen LogP contribution is -2.52. The van der Waals surface area contributed by atoms with Gasteiger partial charge in [-0.05, 0) is 68.7 Å². The molecule has 0 saturated heterocycles. The minimum Gasteiger partial charge on any atom is -0.352 e. The molecule has 0 bridgehead atoms. The van der Waals surface area contributed by atoms with Crippen LogP contribution in [0.3, 0.4) is 0 Å². The SMILES string of the molecule is CC[C@@H](C)NC(=O)[C@H](C)N(Cc1ccccc1C)C(=O)CN(c1cc(C(F)(F)F)ccc1Cl)S(=O)(=O)c1ccccc1. The maximum Gasteiger partial charge on any atom is 0.416 e. The van der Waals surface area contributed by atoms with Crippen molar-refractivity contribution >= 4 is 39.1 Å². The number of halogens is 4. The third-order valence-corrected chi connectivity index (χ3v) is 9.02. The number of rotatable bonds is 11. The summed E-state index contributed by atoms with van der Waals surface area (Å²) >= 11 is 6.27. The van der Waals surface area contributed by atoms with Crippen LogP contribution >= 0.6 is 11.6 Å². The van der Waals surface area contributed by atoms with Crippen LogP contribution in [0, 0.1) is 6.92 Å². The van der Waals surface area contributed by atoms with E-state index in [-0.39, 0.29) is 22.5 Å². The lowest BCUT2D eigenvalue weighted by Gasteiger charge is -2.33. The first-order chi connectivity index (χ1) is 19.7. The molecule has 7 nitrogen and oxygen atoms in total. The molecule has 0 heterocycles. The Balaban J connectivity index is 2.13. The Hall–Kier alpha value is -3.57. The van der Waals surface area contributed by atoms with Crippen molar-refractivity contribution in [1.29, 1.82) is 0 Å². The monoisotopic (exact) mass is 623 g/mol. The number of amides is 2. The van der Waals surface area contributed by atoms with Gasteiger partial charge in [-0.3, -0.25) is 13.9 Å². The van der Waals surface area contributed by atoms with Crippen molar-refractivity contribution < 1.29 is 31.2 Å². The van der Waals surface area contributed by atoms with Gasteiger partial charge in [0.05, 0.1) is 21.2 Å². The Morgan fingerprint density at radius 1 is 0.976 bits per heavy atom. The maximum absolute atomic E-state index is 14.0. The van der Waals surface area contributed by atoms with Gasteiger partial charge in [-0.2, -0.15) is 13.2 Å². The zero-order valence-corrected chi connectivity index (χ0v) is 25.2. The summed E-state index contributed by atoms with van der Waals surface area (Å²) in [5, 5.41) is 2.53. The second-order valence-electron chi connectivity index (χ2n) is 9.93. The average Bonchev–Trinajstić information content (AvgIpc) is 2.95. The zero-order valence-electron chi connectivity index (χ0n) is 23.7. The lowest BCUT2D eigenvalue weighted by molar-refractivity contribution is -0.139. The lowest BCUT2D eigenvalue weighted by atomic mass is 10.1. The summed E-state index contributed by atoms with van der Waals surface area (Å²) in [4.78, 5) is 28.1. The first-order valence-corrected chi connectivity index (χ1v) is 15.1. The van der Waals surface area contributed by atoms with Crippen LogP contribution in [0.1, 0.15) is 43.9 Å². The Bertz CT molecular complexity index is 1520. The van der Waals surface area contributed by atoms with Gasteiger partial charge in [0.1, 0.15) is 12.6 Å². The van der Waals surface area contributed by atoms with Crippen molar-refractivity contribution in [3.05, 3.63) is 94.5 Å². The number of aryl methyl sites for hydroxylation is 1. The van der Waals surface area contributed by atoms with Gasteiger partial charge < -0.3 is 10.2 Å². The molecule has 0 aliphatic heterocycles. The minimum atomic E-state index is -4.80. The smallest absolute Gasteiger partial charge is 0.352 e. The summed E-state index contributed by atoms with van der Waals surface area (Å²) in [6.45, 7) is 6.08. The van der Waals surface area contributed by atoms with Crippen LogP contribution in [-0.4, -0.2) is 43.8 Å². The maximum atomic E-state index is 14.0. The molecule has 0 spiro atoms. The fraction of sp³-hybridized carbons (Fsp3) is 0.333. The number of sulfonamides is 1. The van der Waals surface area contributed by atoms with Gasteiger partial charge >= 0.3 is 6.18 Å². The van der Waals surface area contributed by atoms with Crippen molar-refractivity contribution in [2.45, 2.75) is 63.8 Å². The molecule has 0 unspecified atom stereocenters. The normalized spacial score (nSPS) is 13.2. The molecule has 3 aromatic carbocycles. The molecule has 0 fully saturated rings. The predicted octanol–water partition coefficient (Wildman–Crippen LogP) is 6.19. The van der Waals surface area contributed by atoms with E-state index in [1.54, 1.807) is 18.2 Å². The number of benzene rings is 3. The molecule has 3 aromatic rings. The summed E-state index contributed by atoms with van der Waals surface area (Å²) in [6.07, 6.45) is -4.16. The number of anilines is 1. The standard InChI is InChI=1S/C30H33ClF3N3O4S/c1-5-21(3)35-29(39)22(4)36(18-23-12-10-9-11-20(23)2)28(38)19-37(42(40,41)25-13-7-6-8-14-25)27-17-24(30(32,33)34)15-16-26(27)31/h6-17,21-22H,5,18-19H2,1-4H3,(H,35,39)/t21-,22+/m1/s1. The highest BCUT2D eigenvalue weighted by atomic mass is 35.5. The fourth-order valence-corrected chi connectivity index (χ4v) is 5.85. The molecule has 0 aromatic heterocycles. The van der Waals surface area contributed by atoms with E-state index in [2.05, 4.69) is 5.32 Å². The van der Waals surface area contributed by atoms with Crippen molar-refractivity contribution in [1.82, 2.24) is 10.2 Å². The minimum absolute atomic E-state index is 0.0455. The second-order valence-corrected chi connectivity index (χ2v) is 12.2. The summed E-state index contributed by atoms with van der Waals surface area (Å²) in [7, 11) is -4.58. The van der Waals surface area contributed by atoms with Gasteiger partial charge in [0.15, 0.2) is 0 Å². The van der Waals surface area contributed by atoms with Crippen LogP contribution < -0.4 is 9.62 Å². The van der Waals surface area contributed by atoms with Crippen molar-refractivity contribution in [2.24, 2.45) is 0 Å². The van der Waals surface area contributed by atoms with Crippen LogP contribution in [0.5, 0.6) is 0 Å². The quantitative estimate of drug-likeness (QED) is 0.276. The number of carbonyl (C=O) groups is 2.